The predicted molar refractivity (Wildman–Crippen MR) is 98.7 cm³/mol. The second-order valence-corrected chi connectivity index (χ2v) is 6.12. The Morgan fingerprint density at radius 1 is 1.11 bits per heavy atom. The van der Waals surface area contributed by atoms with Crippen LogP contribution in [0.2, 0.25) is 0 Å². The van der Waals surface area contributed by atoms with E-state index in [9.17, 15) is 13.2 Å². The number of alkyl halides is 3. The Morgan fingerprint density at radius 3 is 2.44 bits per heavy atom. The van der Waals surface area contributed by atoms with Crippen molar-refractivity contribution < 1.29 is 17.9 Å². The van der Waals surface area contributed by atoms with Gasteiger partial charge in [0.05, 0.1) is 0 Å². The molecule has 2 aromatic rings. The molecule has 1 heterocycles. The van der Waals surface area contributed by atoms with Crippen LogP contribution in [0.5, 0.6) is 5.88 Å². The Morgan fingerprint density at radius 2 is 1.85 bits per heavy atom. The van der Waals surface area contributed by atoms with Crippen LogP contribution in [0.15, 0.2) is 41.5 Å². The largest absolute Gasteiger partial charge is 0.468 e. The first-order chi connectivity index (χ1) is 12.8. The minimum absolute atomic E-state index is 0.0616. The van der Waals surface area contributed by atoms with Crippen LogP contribution >= 0.6 is 0 Å². The number of rotatable bonds is 6. The highest BCUT2D eigenvalue weighted by molar-refractivity contribution is 5.79. The summed E-state index contributed by atoms with van der Waals surface area (Å²) < 4.78 is 41.0. The van der Waals surface area contributed by atoms with E-state index in [0.717, 1.165) is 5.56 Å². The van der Waals surface area contributed by atoms with Gasteiger partial charge in [0.1, 0.15) is 0 Å². The zero-order valence-corrected chi connectivity index (χ0v) is 15.5. The van der Waals surface area contributed by atoms with E-state index in [-0.39, 0.29) is 5.88 Å². The monoisotopic (exact) mass is 380 g/mol. The van der Waals surface area contributed by atoms with Crippen molar-refractivity contribution in [1.29, 1.82) is 0 Å². The number of aromatic nitrogens is 1. The summed E-state index contributed by atoms with van der Waals surface area (Å²) >= 11 is 0. The third kappa shape index (κ3) is 7.16. The van der Waals surface area contributed by atoms with Crippen LogP contribution in [-0.2, 0) is 13.1 Å². The zero-order valence-electron chi connectivity index (χ0n) is 15.5. The highest BCUT2D eigenvalue weighted by Crippen LogP contribution is 2.17. The van der Waals surface area contributed by atoms with E-state index < -0.39 is 12.8 Å². The number of benzene rings is 1. The summed E-state index contributed by atoms with van der Waals surface area (Å²) in [5, 5.41) is 6.37. The average molecular weight is 380 g/mol. The number of aryl methyl sites for hydroxylation is 2. The Kier molecular flexibility index (Phi) is 7.04. The number of pyridine rings is 1. The normalized spacial score (nSPS) is 12.0. The van der Waals surface area contributed by atoms with Gasteiger partial charge in [0.2, 0.25) is 5.88 Å². The van der Waals surface area contributed by atoms with Crippen LogP contribution in [0.3, 0.4) is 0 Å². The first-order valence-corrected chi connectivity index (χ1v) is 8.42. The van der Waals surface area contributed by atoms with Crippen molar-refractivity contribution >= 4 is 5.96 Å². The van der Waals surface area contributed by atoms with Crippen molar-refractivity contribution in [1.82, 2.24) is 15.6 Å². The molecule has 0 fully saturated rings. The SMILES string of the molecule is CN=C(NCc1ccc(OCC(F)(F)F)nc1)NCc1ccc(C)cc1C. The van der Waals surface area contributed by atoms with Crippen molar-refractivity contribution in [2.75, 3.05) is 13.7 Å². The van der Waals surface area contributed by atoms with Crippen LogP contribution in [0.1, 0.15) is 22.3 Å². The van der Waals surface area contributed by atoms with E-state index in [1.165, 1.54) is 29.0 Å². The van der Waals surface area contributed by atoms with Crippen LogP contribution in [0, 0.1) is 13.8 Å². The molecular formula is C19H23F3N4O. The van der Waals surface area contributed by atoms with Crippen LogP contribution in [0.4, 0.5) is 13.2 Å². The van der Waals surface area contributed by atoms with E-state index in [1.807, 2.05) is 0 Å². The van der Waals surface area contributed by atoms with Crippen molar-refractivity contribution in [2.45, 2.75) is 33.1 Å². The van der Waals surface area contributed by atoms with Crippen molar-refractivity contribution in [3.63, 3.8) is 0 Å². The van der Waals surface area contributed by atoms with Gasteiger partial charge < -0.3 is 15.4 Å². The molecule has 0 spiro atoms. The van der Waals surface area contributed by atoms with Crippen LogP contribution in [-0.4, -0.2) is 30.8 Å². The van der Waals surface area contributed by atoms with Crippen molar-refractivity contribution in [2.24, 2.45) is 4.99 Å². The fourth-order valence-corrected chi connectivity index (χ4v) is 2.39. The molecule has 0 saturated heterocycles. The Balaban J connectivity index is 1.83. The molecule has 0 saturated carbocycles. The Bertz CT molecular complexity index is 774. The molecule has 0 atom stereocenters. The second-order valence-electron chi connectivity index (χ2n) is 6.12. The quantitative estimate of drug-likeness (QED) is 0.595. The molecule has 0 amide bonds. The minimum atomic E-state index is -4.38. The molecule has 1 aromatic carbocycles. The first kappa shape index (κ1) is 20.5. The number of nitrogens with one attached hydrogen (secondary N) is 2. The summed E-state index contributed by atoms with van der Waals surface area (Å²) in [6.45, 7) is 3.83. The van der Waals surface area contributed by atoms with Gasteiger partial charge in [-0.05, 0) is 30.5 Å². The lowest BCUT2D eigenvalue weighted by atomic mass is 10.1. The van der Waals surface area contributed by atoms with Crippen molar-refractivity contribution in [3.8, 4) is 5.88 Å². The zero-order chi connectivity index (χ0) is 19.9. The van der Waals surface area contributed by atoms with Crippen LogP contribution in [0.25, 0.3) is 0 Å². The van der Waals surface area contributed by atoms with Gasteiger partial charge in [-0.25, -0.2) is 4.98 Å². The van der Waals surface area contributed by atoms with Gasteiger partial charge in [-0.3, -0.25) is 4.99 Å². The number of aliphatic imine (C=N–C) groups is 1. The van der Waals surface area contributed by atoms with E-state index in [1.54, 1.807) is 13.1 Å². The molecular weight excluding hydrogens is 357 g/mol. The summed E-state index contributed by atoms with van der Waals surface area (Å²) in [6.07, 6.45) is -2.91. The lowest BCUT2D eigenvalue weighted by molar-refractivity contribution is -0.154. The summed E-state index contributed by atoms with van der Waals surface area (Å²) in [5.74, 6) is 0.556. The molecule has 0 unspecified atom stereocenters. The number of hydrogen-bond acceptors (Lipinski definition) is 3. The van der Waals surface area contributed by atoms with E-state index in [4.69, 9.17) is 0 Å². The minimum Gasteiger partial charge on any atom is -0.468 e. The molecule has 1 aromatic heterocycles. The van der Waals surface area contributed by atoms with Crippen LogP contribution < -0.4 is 15.4 Å². The van der Waals surface area contributed by atoms with Gasteiger partial charge in [-0.15, -0.1) is 0 Å². The topological polar surface area (TPSA) is 58.5 Å². The lowest BCUT2D eigenvalue weighted by Crippen LogP contribution is -2.36. The standard InChI is InChI=1S/C19H23F3N4O/c1-13-4-6-16(14(2)8-13)11-26-18(23-3)25-10-15-5-7-17(24-9-15)27-12-19(20,21)22/h4-9H,10-12H2,1-3H3,(H2,23,25,26). The Labute approximate surface area is 156 Å². The summed E-state index contributed by atoms with van der Waals surface area (Å²) in [4.78, 5) is 8.04. The molecule has 0 radical (unpaired) electrons. The molecule has 0 aliphatic rings. The average Bonchev–Trinajstić information content (AvgIpc) is 2.62. The molecule has 8 heteroatoms. The molecule has 5 nitrogen and oxygen atoms in total. The van der Waals surface area contributed by atoms with E-state index in [2.05, 4.69) is 57.4 Å². The van der Waals surface area contributed by atoms with Gasteiger partial charge in [-0.2, -0.15) is 13.2 Å². The van der Waals surface area contributed by atoms with Gasteiger partial charge in [0, 0.05) is 32.4 Å². The number of nitrogens with zero attached hydrogens (tertiary/aromatic N) is 2. The molecule has 0 aliphatic heterocycles. The van der Waals surface area contributed by atoms with Gasteiger partial charge >= 0.3 is 6.18 Å². The molecule has 27 heavy (non-hydrogen) atoms. The maximum atomic E-state index is 12.1. The fraction of sp³-hybridized carbons (Fsp3) is 0.368. The highest BCUT2D eigenvalue weighted by atomic mass is 19.4. The second kappa shape index (κ2) is 9.25. The van der Waals surface area contributed by atoms with Gasteiger partial charge in [0.25, 0.3) is 0 Å². The number of hydrogen-bond donors (Lipinski definition) is 2. The third-order valence-electron chi connectivity index (χ3n) is 3.81. The summed E-state index contributed by atoms with van der Waals surface area (Å²) in [5.41, 5.74) is 4.39. The molecule has 2 N–H and O–H groups in total. The molecule has 0 aliphatic carbocycles. The molecule has 2 rings (SSSR count). The molecule has 0 bridgehead atoms. The summed E-state index contributed by atoms with van der Waals surface area (Å²) in [6, 6.07) is 9.34. The number of ether oxygens (including phenoxy) is 1. The maximum Gasteiger partial charge on any atom is 0.422 e. The van der Waals surface area contributed by atoms with Gasteiger partial charge in [0.15, 0.2) is 12.6 Å². The van der Waals surface area contributed by atoms with E-state index >= 15 is 0 Å². The molecule has 146 valence electrons. The lowest BCUT2D eigenvalue weighted by Gasteiger charge is -2.14. The number of guanidine groups is 1. The van der Waals surface area contributed by atoms with Gasteiger partial charge in [-0.1, -0.05) is 29.8 Å². The fourth-order valence-electron chi connectivity index (χ4n) is 2.39. The smallest absolute Gasteiger partial charge is 0.422 e. The number of halogens is 3. The van der Waals surface area contributed by atoms with Crippen molar-refractivity contribution in [3.05, 3.63) is 58.8 Å². The first-order valence-electron chi connectivity index (χ1n) is 8.42. The third-order valence-corrected chi connectivity index (χ3v) is 3.81. The summed E-state index contributed by atoms with van der Waals surface area (Å²) in [7, 11) is 1.67. The van der Waals surface area contributed by atoms with E-state index in [0.29, 0.717) is 19.0 Å². The highest BCUT2D eigenvalue weighted by Gasteiger charge is 2.28. The maximum absolute atomic E-state index is 12.1. The Hall–Kier alpha value is -2.77. The predicted octanol–water partition coefficient (Wildman–Crippen LogP) is 3.50.